The summed E-state index contributed by atoms with van der Waals surface area (Å²) in [6.45, 7) is 8.45. The zero-order chi connectivity index (χ0) is 15.5. The average molecular weight is 294 g/mol. The molecule has 2 rings (SSSR count). The number of aromatic nitrogens is 3. The van der Waals surface area contributed by atoms with E-state index in [2.05, 4.69) is 39.5 Å². The average Bonchev–Trinajstić information content (AvgIpc) is 2.36. The Kier molecular flexibility index (Phi) is 4.82. The Hall–Kier alpha value is -1.63. The molecule has 0 saturated heterocycles. The largest absolute Gasteiger partial charge is 0.461 e. The number of nitrogens with one attached hydrogen (secondary N) is 2. The molecule has 4 N–H and O–H groups in total. The van der Waals surface area contributed by atoms with Crippen molar-refractivity contribution in [1.29, 1.82) is 0 Å². The molecule has 118 valence electrons. The molecule has 0 radical (unpaired) electrons. The molecule has 7 nitrogen and oxygen atoms in total. The van der Waals surface area contributed by atoms with E-state index in [-0.39, 0.29) is 12.1 Å². The number of anilines is 2. The van der Waals surface area contributed by atoms with Crippen molar-refractivity contribution in [3.8, 4) is 6.01 Å². The van der Waals surface area contributed by atoms with E-state index in [0.717, 1.165) is 12.8 Å². The third kappa shape index (κ3) is 4.70. The highest BCUT2D eigenvalue weighted by Crippen LogP contribution is 2.36. The van der Waals surface area contributed by atoms with E-state index in [9.17, 15) is 0 Å². The van der Waals surface area contributed by atoms with Crippen molar-refractivity contribution in [2.24, 2.45) is 11.3 Å². The Morgan fingerprint density at radius 2 is 1.95 bits per heavy atom. The van der Waals surface area contributed by atoms with Crippen LogP contribution >= 0.6 is 0 Å². The molecular formula is C14H26N6O. The van der Waals surface area contributed by atoms with Gasteiger partial charge in [0.05, 0.1) is 6.10 Å². The molecule has 1 aromatic heterocycles. The number of hydrogen-bond donors (Lipinski definition) is 3. The van der Waals surface area contributed by atoms with Gasteiger partial charge in [0.2, 0.25) is 11.9 Å². The lowest BCUT2D eigenvalue weighted by Gasteiger charge is -2.35. The van der Waals surface area contributed by atoms with Gasteiger partial charge in [0.1, 0.15) is 0 Å². The van der Waals surface area contributed by atoms with Crippen molar-refractivity contribution < 1.29 is 4.74 Å². The van der Waals surface area contributed by atoms with Crippen LogP contribution in [0.25, 0.3) is 0 Å². The fourth-order valence-electron chi connectivity index (χ4n) is 2.75. The second-order valence-corrected chi connectivity index (χ2v) is 6.68. The van der Waals surface area contributed by atoms with Gasteiger partial charge in [-0.05, 0) is 38.5 Å². The van der Waals surface area contributed by atoms with Crippen molar-refractivity contribution in [1.82, 2.24) is 15.0 Å². The van der Waals surface area contributed by atoms with Crippen LogP contribution in [0.15, 0.2) is 0 Å². The van der Waals surface area contributed by atoms with Gasteiger partial charge in [-0.25, -0.2) is 5.84 Å². The van der Waals surface area contributed by atoms with Crippen LogP contribution in [0.5, 0.6) is 6.01 Å². The number of nitrogens with zero attached hydrogens (tertiary/aromatic N) is 3. The second kappa shape index (κ2) is 6.43. The monoisotopic (exact) mass is 294 g/mol. The first kappa shape index (κ1) is 15.8. The van der Waals surface area contributed by atoms with Gasteiger partial charge in [-0.3, -0.25) is 5.43 Å². The molecule has 1 fully saturated rings. The highest BCUT2D eigenvalue weighted by molar-refractivity contribution is 5.36. The predicted octanol–water partition coefficient (Wildman–Crippen LogP) is 2.33. The minimum absolute atomic E-state index is 0.000474. The topological polar surface area (TPSA) is 98.0 Å². The van der Waals surface area contributed by atoms with Gasteiger partial charge in [0.25, 0.3) is 0 Å². The first-order valence-electron chi connectivity index (χ1n) is 7.54. The van der Waals surface area contributed by atoms with E-state index < -0.39 is 0 Å². The standard InChI is InChI=1S/C14H26N6O/c1-9(2)21-13-18-11(17-12(19-13)20-15)16-10-6-5-7-14(3,4)8-10/h9-10H,5-8,15H2,1-4H3,(H2,16,17,18,19,20). The van der Waals surface area contributed by atoms with Gasteiger partial charge in [-0.15, -0.1) is 0 Å². The quantitative estimate of drug-likeness (QED) is 0.566. The molecule has 1 saturated carbocycles. The number of nitrogen functional groups attached to an aromatic ring is 1. The molecule has 1 aliphatic carbocycles. The highest BCUT2D eigenvalue weighted by atomic mass is 16.5. The molecule has 1 atom stereocenters. The molecule has 1 heterocycles. The molecule has 1 aromatic rings. The predicted molar refractivity (Wildman–Crippen MR) is 83.1 cm³/mol. The van der Waals surface area contributed by atoms with Gasteiger partial charge in [-0.2, -0.15) is 15.0 Å². The fraction of sp³-hybridized carbons (Fsp3) is 0.786. The Labute approximate surface area is 126 Å². The molecule has 21 heavy (non-hydrogen) atoms. The first-order chi connectivity index (χ1) is 9.88. The molecule has 1 aliphatic rings. The van der Waals surface area contributed by atoms with Crippen molar-refractivity contribution in [3.63, 3.8) is 0 Å². The zero-order valence-electron chi connectivity index (χ0n) is 13.3. The van der Waals surface area contributed by atoms with Crippen LogP contribution in [-0.2, 0) is 0 Å². The molecule has 0 spiro atoms. The van der Waals surface area contributed by atoms with Gasteiger partial charge in [0, 0.05) is 6.04 Å². The van der Waals surface area contributed by atoms with Crippen LogP contribution in [0.3, 0.4) is 0 Å². The Bertz CT molecular complexity index is 477. The summed E-state index contributed by atoms with van der Waals surface area (Å²) in [6.07, 6.45) is 4.71. The number of ether oxygens (including phenoxy) is 1. The van der Waals surface area contributed by atoms with Crippen molar-refractivity contribution in [3.05, 3.63) is 0 Å². The third-order valence-electron chi connectivity index (χ3n) is 3.62. The van der Waals surface area contributed by atoms with Gasteiger partial charge in [0.15, 0.2) is 0 Å². The van der Waals surface area contributed by atoms with Gasteiger partial charge in [-0.1, -0.05) is 20.3 Å². The highest BCUT2D eigenvalue weighted by Gasteiger charge is 2.28. The van der Waals surface area contributed by atoms with E-state index in [4.69, 9.17) is 10.6 Å². The van der Waals surface area contributed by atoms with Gasteiger partial charge < -0.3 is 10.1 Å². The number of hydrazine groups is 1. The maximum atomic E-state index is 5.53. The van der Waals surface area contributed by atoms with Crippen LogP contribution in [0.1, 0.15) is 53.4 Å². The molecule has 0 amide bonds. The third-order valence-corrected chi connectivity index (χ3v) is 3.62. The lowest BCUT2D eigenvalue weighted by atomic mass is 9.75. The summed E-state index contributed by atoms with van der Waals surface area (Å²) < 4.78 is 5.53. The van der Waals surface area contributed by atoms with Crippen molar-refractivity contribution in [2.75, 3.05) is 10.7 Å². The second-order valence-electron chi connectivity index (χ2n) is 6.68. The molecule has 7 heteroatoms. The zero-order valence-corrected chi connectivity index (χ0v) is 13.3. The summed E-state index contributed by atoms with van der Waals surface area (Å²) in [5.74, 6) is 6.22. The fourth-order valence-corrected chi connectivity index (χ4v) is 2.75. The summed E-state index contributed by atoms with van der Waals surface area (Å²) in [5.41, 5.74) is 2.81. The van der Waals surface area contributed by atoms with E-state index in [0.29, 0.717) is 23.4 Å². The minimum Gasteiger partial charge on any atom is -0.461 e. The van der Waals surface area contributed by atoms with E-state index >= 15 is 0 Å². The normalized spacial score (nSPS) is 21.1. The smallest absolute Gasteiger partial charge is 0.323 e. The summed E-state index contributed by atoms with van der Waals surface area (Å²) in [7, 11) is 0. The lowest BCUT2D eigenvalue weighted by molar-refractivity contribution is 0.220. The van der Waals surface area contributed by atoms with Gasteiger partial charge >= 0.3 is 6.01 Å². The lowest BCUT2D eigenvalue weighted by Crippen LogP contribution is -2.32. The molecule has 0 aromatic carbocycles. The summed E-state index contributed by atoms with van der Waals surface area (Å²) in [6, 6.07) is 0.652. The SMILES string of the molecule is CC(C)Oc1nc(NN)nc(NC2CCCC(C)(C)C2)n1. The van der Waals surface area contributed by atoms with Crippen molar-refractivity contribution in [2.45, 2.75) is 65.5 Å². The Balaban J connectivity index is 2.11. The van der Waals surface area contributed by atoms with Crippen LogP contribution < -0.4 is 21.3 Å². The van der Waals surface area contributed by atoms with Crippen LogP contribution in [0.2, 0.25) is 0 Å². The molecule has 0 bridgehead atoms. The Morgan fingerprint density at radius 1 is 1.24 bits per heavy atom. The van der Waals surface area contributed by atoms with E-state index in [1.807, 2.05) is 13.8 Å². The molecule has 1 unspecified atom stereocenters. The maximum Gasteiger partial charge on any atom is 0.323 e. The minimum atomic E-state index is -0.000474. The number of hydrogen-bond acceptors (Lipinski definition) is 7. The Morgan fingerprint density at radius 3 is 2.57 bits per heavy atom. The molecular weight excluding hydrogens is 268 g/mol. The summed E-state index contributed by atoms with van der Waals surface area (Å²) in [4.78, 5) is 12.7. The summed E-state index contributed by atoms with van der Waals surface area (Å²) in [5, 5.41) is 3.39. The van der Waals surface area contributed by atoms with E-state index in [1.165, 1.54) is 12.8 Å². The number of nitrogens with two attached hydrogens (primary N) is 1. The van der Waals surface area contributed by atoms with Crippen molar-refractivity contribution >= 4 is 11.9 Å². The first-order valence-corrected chi connectivity index (χ1v) is 7.54. The maximum absolute atomic E-state index is 5.53. The van der Waals surface area contributed by atoms with Crippen LogP contribution in [0.4, 0.5) is 11.9 Å². The number of rotatable bonds is 5. The summed E-state index contributed by atoms with van der Waals surface area (Å²) >= 11 is 0. The van der Waals surface area contributed by atoms with E-state index in [1.54, 1.807) is 0 Å². The van der Waals surface area contributed by atoms with Crippen LogP contribution in [-0.4, -0.2) is 27.1 Å². The van der Waals surface area contributed by atoms with Crippen LogP contribution in [0, 0.1) is 5.41 Å². The molecule has 0 aliphatic heterocycles.